The number of aliphatic hydroxyl groups is 2. The smallest absolute Gasteiger partial charge is 0.318 e. The van der Waals surface area contributed by atoms with Crippen LogP contribution in [0.2, 0.25) is 0 Å². The number of β-amino-alcohol motifs (C(OH)–C–C–N with tert-alkyl or cyclic N) is 1. The Morgan fingerprint density at radius 2 is 1.57 bits per heavy atom. The minimum atomic E-state index is -0.920. The predicted molar refractivity (Wildman–Crippen MR) is 173 cm³/mol. The zero-order valence-corrected chi connectivity index (χ0v) is 25.7. The third-order valence-corrected chi connectivity index (χ3v) is 7.22. The molecule has 0 aliphatic heterocycles. The topological polar surface area (TPSA) is 152 Å². The standard InChI is InChI=1S/C34H45N5O5/c1-34(2,37-22-27(41)23-40)20-31(42)38-30(15-9-12-24-10-5-4-6-11-24)32(43)36-21-25-16-18-26(19-17-25)28-13-7-8-14-29(28)39-33(44)35-3/h4-8,10-11,13-14,16-19,27,30,37,40-41H,9,12,15,20-23H2,1-3H3,(H,36,43)(H,38,42)(H2,35,39,44)/t27-,30+/m0/s1. The zero-order valence-electron chi connectivity index (χ0n) is 25.7. The molecule has 0 aliphatic carbocycles. The molecule has 3 aromatic carbocycles. The first-order valence-corrected chi connectivity index (χ1v) is 14.9. The van der Waals surface area contributed by atoms with Crippen molar-refractivity contribution in [2.45, 2.75) is 63.8 Å². The van der Waals surface area contributed by atoms with Gasteiger partial charge in [0.15, 0.2) is 0 Å². The van der Waals surface area contributed by atoms with E-state index in [4.69, 9.17) is 5.11 Å². The molecule has 0 aromatic heterocycles. The van der Waals surface area contributed by atoms with E-state index in [0.717, 1.165) is 28.7 Å². The van der Waals surface area contributed by atoms with Gasteiger partial charge < -0.3 is 36.8 Å². The van der Waals surface area contributed by atoms with Crippen molar-refractivity contribution < 1.29 is 24.6 Å². The summed E-state index contributed by atoms with van der Waals surface area (Å²) in [6.45, 7) is 3.72. The van der Waals surface area contributed by atoms with Crippen LogP contribution in [0.5, 0.6) is 0 Å². The maximum atomic E-state index is 13.3. The highest BCUT2D eigenvalue weighted by atomic mass is 16.3. The number of carbonyl (C=O) groups excluding carboxylic acids is 3. The molecule has 0 fully saturated rings. The van der Waals surface area contributed by atoms with E-state index < -0.39 is 17.7 Å². The van der Waals surface area contributed by atoms with Gasteiger partial charge in [-0.1, -0.05) is 72.8 Å². The molecule has 0 spiro atoms. The molecule has 3 rings (SSSR count). The summed E-state index contributed by atoms with van der Waals surface area (Å²) < 4.78 is 0. The van der Waals surface area contributed by atoms with E-state index in [0.29, 0.717) is 18.5 Å². The minimum Gasteiger partial charge on any atom is -0.394 e. The lowest BCUT2D eigenvalue weighted by atomic mass is 9.98. The van der Waals surface area contributed by atoms with Gasteiger partial charge in [-0.25, -0.2) is 4.79 Å². The lowest BCUT2D eigenvalue weighted by Gasteiger charge is -2.28. The Kier molecular flexibility index (Phi) is 13.3. The predicted octanol–water partition coefficient (Wildman–Crippen LogP) is 3.34. The largest absolute Gasteiger partial charge is 0.394 e. The first-order valence-electron chi connectivity index (χ1n) is 14.9. The van der Waals surface area contributed by atoms with Crippen molar-refractivity contribution >= 4 is 23.5 Å². The van der Waals surface area contributed by atoms with Gasteiger partial charge in [0.1, 0.15) is 6.04 Å². The number of para-hydroxylation sites is 1. The third kappa shape index (κ3) is 11.4. The third-order valence-electron chi connectivity index (χ3n) is 7.22. The van der Waals surface area contributed by atoms with Crippen LogP contribution < -0.4 is 26.6 Å². The molecule has 3 aromatic rings. The SMILES string of the molecule is CNC(=O)Nc1ccccc1-c1ccc(CNC(=O)[C@@H](CCCc2ccccc2)NC(=O)CC(C)(C)NC[C@H](O)CO)cc1. The Hall–Kier alpha value is -4.25. The Labute approximate surface area is 259 Å². The summed E-state index contributed by atoms with van der Waals surface area (Å²) in [7, 11) is 1.56. The highest BCUT2D eigenvalue weighted by molar-refractivity contribution is 5.94. The molecular weight excluding hydrogens is 558 g/mol. The molecule has 0 saturated carbocycles. The van der Waals surface area contributed by atoms with Crippen LogP contribution in [0.15, 0.2) is 78.9 Å². The fraction of sp³-hybridized carbons (Fsp3) is 0.382. The van der Waals surface area contributed by atoms with E-state index in [1.54, 1.807) is 7.05 Å². The maximum absolute atomic E-state index is 13.3. The molecule has 7 N–H and O–H groups in total. The molecule has 0 saturated heterocycles. The van der Waals surface area contributed by atoms with E-state index >= 15 is 0 Å². The average Bonchev–Trinajstić information content (AvgIpc) is 3.02. The van der Waals surface area contributed by atoms with Crippen LogP contribution in [0.3, 0.4) is 0 Å². The minimum absolute atomic E-state index is 0.0886. The molecule has 4 amide bonds. The average molecular weight is 604 g/mol. The zero-order chi connectivity index (χ0) is 32.0. The van der Waals surface area contributed by atoms with Crippen molar-refractivity contribution in [3.05, 3.63) is 90.0 Å². The van der Waals surface area contributed by atoms with E-state index in [1.807, 2.05) is 92.7 Å². The van der Waals surface area contributed by atoms with Crippen LogP contribution in [-0.2, 0) is 22.6 Å². The number of anilines is 1. The molecule has 0 bridgehead atoms. The number of carbonyl (C=O) groups is 3. The van der Waals surface area contributed by atoms with Crippen LogP contribution in [0.25, 0.3) is 11.1 Å². The highest BCUT2D eigenvalue weighted by Gasteiger charge is 2.26. The van der Waals surface area contributed by atoms with Crippen LogP contribution in [-0.4, -0.2) is 65.9 Å². The van der Waals surface area contributed by atoms with Gasteiger partial charge in [-0.3, -0.25) is 9.59 Å². The fourth-order valence-corrected chi connectivity index (χ4v) is 4.73. The summed E-state index contributed by atoms with van der Waals surface area (Å²) in [5.41, 5.74) is 3.88. The second-order valence-electron chi connectivity index (χ2n) is 11.4. The molecule has 0 aliphatic rings. The molecule has 2 atom stereocenters. The molecule has 44 heavy (non-hydrogen) atoms. The van der Waals surface area contributed by atoms with Gasteiger partial charge in [-0.15, -0.1) is 0 Å². The summed E-state index contributed by atoms with van der Waals surface area (Å²) >= 11 is 0. The normalized spacial score (nSPS) is 12.6. The molecule has 10 heteroatoms. The highest BCUT2D eigenvalue weighted by Crippen LogP contribution is 2.28. The van der Waals surface area contributed by atoms with Crippen LogP contribution in [0, 0.1) is 0 Å². The van der Waals surface area contributed by atoms with Crippen molar-refractivity contribution in [3.8, 4) is 11.1 Å². The number of urea groups is 1. The van der Waals surface area contributed by atoms with Gasteiger partial charge in [0.25, 0.3) is 0 Å². The summed E-state index contributed by atoms with van der Waals surface area (Å²) in [5.74, 6) is -0.550. The number of aryl methyl sites for hydroxylation is 1. The number of hydrogen-bond acceptors (Lipinski definition) is 6. The van der Waals surface area contributed by atoms with Gasteiger partial charge in [-0.05, 0) is 55.9 Å². The Morgan fingerprint density at radius 1 is 0.886 bits per heavy atom. The van der Waals surface area contributed by atoms with E-state index in [-0.39, 0.29) is 44.0 Å². The van der Waals surface area contributed by atoms with Crippen molar-refractivity contribution in [1.82, 2.24) is 21.3 Å². The molecule has 236 valence electrons. The van der Waals surface area contributed by atoms with Crippen molar-refractivity contribution in [2.75, 3.05) is 25.5 Å². The van der Waals surface area contributed by atoms with Gasteiger partial charge in [-0.2, -0.15) is 0 Å². The number of benzene rings is 3. The Balaban J connectivity index is 1.63. The van der Waals surface area contributed by atoms with E-state index in [9.17, 15) is 19.5 Å². The monoisotopic (exact) mass is 603 g/mol. The number of aliphatic hydroxyl groups excluding tert-OH is 2. The van der Waals surface area contributed by atoms with Crippen molar-refractivity contribution in [1.29, 1.82) is 0 Å². The van der Waals surface area contributed by atoms with Crippen molar-refractivity contribution in [2.24, 2.45) is 0 Å². The Bertz CT molecular complexity index is 1350. The lowest BCUT2D eigenvalue weighted by molar-refractivity contribution is -0.130. The first kappa shape index (κ1) is 34.2. The molecule has 0 unspecified atom stereocenters. The van der Waals surface area contributed by atoms with E-state index in [2.05, 4.69) is 26.6 Å². The van der Waals surface area contributed by atoms with Crippen LogP contribution in [0.1, 0.15) is 44.2 Å². The number of amides is 4. The summed E-state index contributed by atoms with van der Waals surface area (Å²) in [5, 5.41) is 33.1. The molecule has 0 radical (unpaired) electrons. The quantitative estimate of drug-likeness (QED) is 0.133. The second kappa shape index (κ2) is 17.1. The number of nitrogens with one attached hydrogen (secondary N) is 5. The summed E-state index contributed by atoms with van der Waals surface area (Å²) in [4.78, 5) is 38.2. The van der Waals surface area contributed by atoms with E-state index in [1.165, 1.54) is 0 Å². The molecule has 0 heterocycles. The lowest BCUT2D eigenvalue weighted by Crippen LogP contribution is -2.51. The van der Waals surface area contributed by atoms with Gasteiger partial charge in [0.05, 0.1) is 18.4 Å². The summed E-state index contributed by atoms with van der Waals surface area (Å²) in [6.07, 6.45) is 1.13. The van der Waals surface area contributed by atoms with Gasteiger partial charge in [0, 0.05) is 37.7 Å². The maximum Gasteiger partial charge on any atom is 0.318 e. The van der Waals surface area contributed by atoms with Crippen LogP contribution >= 0.6 is 0 Å². The number of rotatable bonds is 16. The first-order chi connectivity index (χ1) is 21.1. The molecule has 10 nitrogen and oxygen atoms in total. The number of hydrogen-bond donors (Lipinski definition) is 7. The fourth-order valence-electron chi connectivity index (χ4n) is 4.73. The Morgan fingerprint density at radius 3 is 2.25 bits per heavy atom. The van der Waals surface area contributed by atoms with Crippen molar-refractivity contribution in [3.63, 3.8) is 0 Å². The molecular formula is C34H45N5O5. The van der Waals surface area contributed by atoms with Gasteiger partial charge >= 0.3 is 6.03 Å². The van der Waals surface area contributed by atoms with Gasteiger partial charge in [0.2, 0.25) is 11.8 Å². The summed E-state index contributed by atoms with van der Waals surface area (Å²) in [6, 6.07) is 24.2. The second-order valence-corrected chi connectivity index (χ2v) is 11.4. The van der Waals surface area contributed by atoms with Crippen LogP contribution in [0.4, 0.5) is 10.5 Å².